The quantitative estimate of drug-likeness (QED) is 0.687. The third kappa shape index (κ3) is 2.45. The molecule has 1 saturated carbocycles. The number of rotatable bonds is 2. The number of hydrogen-bond acceptors (Lipinski definition) is 2. The maximum atomic E-state index is 13.6. The number of nitrogens with zero attached hydrogens (tertiary/aromatic N) is 1. The van der Waals surface area contributed by atoms with Gasteiger partial charge in [-0.25, -0.2) is 4.39 Å². The second-order valence-corrected chi connectivity index (χ2v) is 4.90. The number of hydrogen-bond donors (Lipinski definition) is 1. The van der Waals surface area contributed by atoms with Crippen LogP contribution in [0.25, 0.3) is 0 Å². The lowest BCUT2D eigenvalue weighted by Crippen LogP contribution is -2.47. The Labute approximate surface area is 86.9 Å². The van der Waals surface area contributed by atoms with Crippen molar-refractivity contribution in [1.29, 1.82) is 0 Å². The molecule has 0 radical (unpaired) electrons. The predicted molar refractivity (Wildman–Crippen MR) is 58.3 cm³/mol. The van der Waals surface area contributed by atoms with Crippen molar-refractivity contribution in [2.75, 3.05) is 21.1 Å². The van der Waals surface area contributed by atoms with Crippen LogP contribution >= 0.6 is 0 Å². The van der Waals surface area contributed by atoms with Crippen molar-refractivity contribution in [2.45, 2.75) is 50.4 Å². The van der Waals surface area contributed by atoms with Gasteiger partial charge in [-0.3, -0.25) is 0 Å². The molecule has 1 aliphatic carbocycles. The Morgan fingerprint density at radius 3 is 2.57 bits per heavy atom. The smallest absolute Gasteiger partial charge is 0.115 e. The summed E-state index contributed by atoms with van der Waals surface area (Å²) in [4.78, 5) is 2.23. The maximum absolute atomic E-state index is 13.6. The van der Waals surface area contributed by atoms with Gasteiger partial charge in [0.1, 0.15) is 6.17 Å². The molecule has 84 valence electrons. The largest absolute Gasteiger partial charge is 0.314 e. The molecule has 0 saturated heterocycles. The van der Waals surface area contributed by atoms with Gasteiger partial charge in [-0.15, -0.1) is 0 Å². The summed E-state index contributed by atoms with van der Waals surface area (Å²) in [6.45, 7) is 2.23. The van der Waals surface area contributed by atoms with Crippen LogP contribution in [-0.2, 0) is 0 Å². The first-order valence-corrected chi connectivity index (χ1v) is 5.48. The summed E-state index contributed by atoms with van der Waals surface area (Å²) in [6.07, 6.45) is 3.01. The monoisotopic (exact) mass is 202 g/mol. The van der Waals surface area contributed by atoms with Crippen LogP contribution in [0.4, 0.5) is 4.39 Å². The molecule has 1 unspecified atom stereocenters. The fourth-order valence-corrected chi connectivity index (χ4v) is 2.27. The van der Waals surface area contributed by atoms with Gasteiger partial charge in [0.15, 0.2) is 0 Å². The Morgan fingerprint density at radius 1 is 1.43 bits per heavy atom. The van der Waals surface area contributed by atoms with Crippen LogP contribution in [0.5, 0.6) is 0 Å². The lowest BCUT2D eigenvalue weighted by molar-refractivity contribution is 0.130. The summed E-state index contributed by atoms with van der Waals surface area (Å²) < 4.78 is 13.6. The van der Waals surface area contributed by atoms with E-state index in [4.69, 9.17) is 0 Å². The van der Waals surface area contributed by atoms with Crippen molar-refractivity contribution in [2.24, 2.45) is 0 Å². The third-order valence-corrected chi connectivity index (χ3v) is 3.74. The van der Waals surface area contributed by atoms with E-state index in [-0.39, 0.29) is 11.6 Å². The Hall–Kier alpha value is -0.150. The topological polar surface area (TPSA) is 15.3 Å². The van der Waals surface area contributed by atoms with Crippen molar-refractivity contribution in [3.8, 4) is 0 Å². The molecular weight excluding hydrogens is 179 g/mol. The van der Waals surface area contributed by atoms with E-state index in [2.05, 4.69) is 31.2 Å². The molecule has 1 fully saturated rings. The second kappa shape index (κ2) is 4.58. The molecule has 3 heteroatoms. The van der Waals surface area contributed by atoms with Gasteiger partial charge >= 0.3 is 0 Å². The Bertz CT molecular complexity index is 184. The Balaban J connectivity index is 2.72. The molecule has 0 heterocycles. The first kappa shape index (κ1) is 11.9. The highest BCUT2D eigenvalue weighted by atomic mass is 19.1. The van der Waals surface area contributed by atoms with Gasteiger partial charge < -0.3 is 10.2 Å². The summed E-state index contributed by atoms with van der Waals surface area (Å²) in [5.41, 5.74) is 0.147. The minimum Gasteiger partial charge on any atom is -0.314 e. The summed E-state index contributed by atoms with van der Waals surface area (Å²) >= 11 is 0. The minimum atomic E-state index is -0.679. The van der Waals surface area contributed by atoms with Crippen molar-refractivity contribution in [1.82, 2.24) is 10.2 Å². The fourth-order valence-electron chi connectivity index (χ4n) is 2.27. The highest BCUT2D eigenvalue weighted by Crippen LogP contribution is 2.31. The van der Waals surface area contributed by atoms with E-state index in [9.17, 15) is 4.39 Å². The van der Waals surface area contributed by atoms with Gasteiger partial charge in [0.05, 0.1) is 0 Å². The van der Waals surface area contributed by atoms with Gasteiger partial charge in [-0.05, 0) is 53.8 Å². The molecule has 0 amide bonds. The molecule has 1 aliphatic rings. The summed E-state index contributed by atoms with van der Waals surface area (Å²) in [5.74, 6) is 0. The average Bonchev–Trinajstić information content (AvgIpc) is 2.27. The van der Waals surface area contributed by atoms with E-state index < -0.39 is 6.17 Å². The molecule has 0 aromatic carbocycles. The van der Waals surface area contributed by atoms with Gasteiger partial charge in [0.2, 0.25) is 0 Å². The maximum Gasteiger partial charge on any atom is 0.115 e. The molecule has 1 rings (SSSR count). The summed E-state index contributed by atoms with van der Waals surface area (Å²) in [7, 11) is 6.04. The molecular formula is C11H23FN2. The van der Waals surface area contributed by atoms with Crippen molar-refractivity contribution in [3.05, 3.63) is 0 Å². The number of nitrogens with one attached hydrogen (secondary N) is 1. The lowest BCUT2D eigenvalue weighted by atomic mass is 9.89. The third-order valence-electron chi connectivity index (χ3n) is 3.74. The highest BCUT2D eigenvalue weighted by Gasteiger charge is 2.35. The van der Waals surface area contributed by atoms with Gasteiger partial charge in [0.25, 0.3) is 0 Å². The SMILES string of the molecule is CN[C@H]1C[C@@](C)(N(C)C)CCCC1F. The van der Waals surface area contributed by atoms with Crippen LogP contribution in [0, 0.1) is 0 Å². The molecule has 0 aromatic heterocycles. The number of halogens is 1. The second-order valence-electron chi connectivity index (χ2n) is 4.90. The van der Waals surface area contributed by atoms with Crippen LogP contribution in [0.15, 0.2) is 0 Å². The minimum absolute atomic E-state index is 0.0184. The molecule has 3 atom stereocenters. The Morgan fingerprint density at radius 2 is 2.07 bits per heavy atom. The zero-order chi connectivity index (χ0) is 10.8. The van der Waals surface area contributed by atoms with Gasteiger partial charge in [0, 0.05) is 11.6 Å². The molecule has 0 spiro atoms. The fraction of sp³-hybridized carbons (Fsp3) is 1.00. The van der Waals surface area contributed by atoms with Crippen LogP contribution in [0.1, 0.15) is 32.6 Å². The summed E-state index contributed by atoms with van der Waals surface area (Å²) in [6, 6.07) is 0.0184. The molecule has 2 nitrogen and oxygen atoms in total. The van der Waals surface area contributed by atoms with Crippen LogP contribution in [-0.4, -0.2) is 43.8 Å². The molecule has 0 aliphatic heterocycles. The normalized spacial score (nSPS) is 39.9. The van der Waals surface area contributed by atoms with E-state index in [0.29, 0.717) is 6.42 Å². The van der Waals surface area contributed by atoms with E-state index in [1.165, 1.54) is 0 Å². The molecule has 14 heavy (non-hydrogen) atoms. The predicted octanol–water partition coefficient (Wildman–Crippen LogP) is 1.81. The van der Waals surface area contributed by atoms with Crippen LogP contribution in [0.3, 0.4) is 0 Å². The van der Waals surface area contributed by atoms with Crippen molar-refractivity contribution >= 4 is 0 Å². The first-order valence-electron chi connectivity index (χ1n) is 5.48. The van der Waals surface area contributed by atoms with E-state index in [1.807, 2.05) is 7.05 Å². The summed E-state index contributed by atoms with van der Waals surface area (Å²) in [5, 5.41) is 3.10. The zero-order valence-electron chi connectivity index (χ0n) is 9.81. The standard InChI is InChI=1S/C11H23FN2/c1-11(14(3)4)7-5-6-9(12)10(8-11)13-2/h9-10,13H,5-8H2,1-4H3/t9?,10-,11-/m0/s1. The van der Waals surface area contributed by atoms with Gasteiger partial charge in [-0.2, -0.15) is 0 Å². The molecule has 1 N–H and O–H groups in total. The molecule has 0 aromatic rings. The van der Waals surface area contributed by atoms with Crippen molar-refractivity contribution in [3.63, 3.8) is 0 Å². The van der Waals surface area contributed by atoms with E-state index in [1.54, 1.807) is 0 Å². The van der Waals surface area contributed by atoms with Crippen LogP contribution in [0.2, 0.25) is 0 Å². The van der Waals surface area contributed by atoms with Crippen molar-refractivity contribution < 1.29 is 4.39 Å². The Kier molecular flexibility index (Phi) is 3.90. The lowest BCUT2D eigenvalue weighted by Gasteiger charge is -2.37. The molecule has 0 bridgehead atoms. The zero-order valence-corrected chi connectivity index (χ0v) is 9.81. The van der Waals surface area contributed by atoms with Crippen LogP contribution < -0.4 is 5.32 Å². The van der Waals surface area contributed by atoms with E-state index >= 15 is 0 Å². The van der Waals surface area contributed by atoms with E-state index in [0.717, 1.165) is 19.3 Å². The average molecular weight is 202 g/mol. The first-order chi connectivity index (χ1) is 6.49. The van der Waals surface area contributed by atoms with Gasteiger partial charge in [-0.1, -0.05) is 0 Å². The number of alkyl halides is 1. The highest BCUT2D eigenvalue weighted by molar-refractivity contribution is 4.93.